The minimum atomic E-state index is -0.302. The van der Waals surface area contributed by atoms with Crippen LogP contribution in [0.4, 0.5) is 0 Å². The van der Waals surface area contributed by atoms with Crippen LogP contribution in [0.5, 0.6) is 11.5 Å². The fraction of sp³-hybridized carbons (Fsp3) is 0.450. The number of likely N-dealkylation sites (N-methyl/N-ethyl adjacent to an activating group) is 1. The summed E-state index contributed by atoms with van der Waals surface area (Å²) < 4.78 is 16.4. The van der Waals surface area contributed by atoms with Gasteiger partial charge in [-0.15, -0.1) is 0 Å². The molecular weight excluding hydrogens is 318 g/mol. The lowest BCUT2D eigenvalue weighted by Crippen LogP contribution is -2.54. The molecule has 1 aliphatic heterocycles. The molecule has 0 saturated carbocycles. The quantitative estimate of drug-likeness (QED) is 0.844. The Labute approximate surface area is 147 Å². The van der Waals surface area contributed by atoms with Crippen LogP contribution in [-0.4, -0.2) is 51.6 Å². The molecule has 2 atom stereocenters. The van der Waals surface area contributed by atoms with Crippen molar-refractivity contribution in [1.29, 1.82) is 0 Å². The minimum Gasteiger partial charge on any atom is -0.493 e. The van der Waals surface area contributed by atoms with Crippen molar-refractivity contribution in [2.75, 3.05) is 34.9 Å². The lowest BCUT2D eigenvalue weighted by molar-refractivity contribution is -0.114. The first-order chi connectivity index (χ1) is 12.0. The molecular formula is C20H23NO4. The first-order valence-electron chi connectivity index (χ1n) is 8.53. The van der Waals surface area contributed by atoms with Gasteiger partial charge in [0.1, 0.15) is 0 Å². The van der Waals surface area contributed by atoms with Crippen LogP contribution < -0.4 is 9.47 Å². The summed E-state index contributed by atoms with van der Waals surface area (Å²) >= 11 is 0. The smallest absolute Gasteiger partial charge is 0.220 e. The van der Waals surface area contributed by atoms with Gasteiger partial charge >= 0.3 is 0 Å². The molecule has 1 saturated heterocycles. The Morgan fingerprint density at radius 3 is 2.52 bits per heavy atom. The molecule has 5 heteroatoms. The second-order valence-electron chi connectivity index (χ2n) is 6.96. The number of likely N-dealkylation sites (tertiary alicyclic amines) is 1. The summed E-state index contributed by atoms with van der Waals surface area (Å²) in [6.45, 7) is 0.970. The molecule has 3 aliphatic rings. The molecule has 1 fully saturated rings. The summed E-state index contributed by atoms with van der Waals surface area (Å²) in [7, 11) is 7.00. The van der Waals surface area contributed by atoms with Crippen molar-refractivity contribution in [3.05, 3.63) is 46.7 Å². The monoisotopic (exact) mass is 341 g/mol. The fourth-order valence-electron chi connectivity index (χ4n) is 4.58. The third-order valence-electron chi connectivity index (χ3n) is 5.90. The van der Waals surface area contributed by atoms with Gasteiger partial charge in [-0.25, -0.2) is 0 Å². The maximum absolute atomic E-state index is 12.4. The van der Waals surface area contributed by atoms with Gasteiger partial charge < -0.3 is 14.2 Å². The van der Waals surface area contributed by atoms with Crippen molar-refractivity contribution in [2.45, 2.75) is 24.3 Å². The van der Waals surface area contributed by atoms with E-state index in [9.17, 15) is 4.79 Å². The molecule has 25 heavy (non-hydrogen) atoms. The summed E-state index contributed by atoms with van der Waals surface area (Å²) in [6.07, 6.45) is 5.59. The molecule has 2 aliphatic carbocycles. The molecule has 1 heterocycles. The van der Waals surface area contributed by atoms with E-state index >= 15 is 0 Å². The number of hydrogen-bond acceptors (Lipinski definition) is 5. The van der Waals surface area contributed by atoms with Gasteiger partial charge in [0.25, 0.3) is 0 Å². The standard InChI is InChI=1S/C20H23NO4/c1-21-6-5-20-11-19(25-4)16(22)9-14(20)15(21)7-12-8-17(23-2)18(24-3)10-13(12)20/h8-11,15H,5-7H2,1-4H3/t15?,20-/m0/s1. The highest BCUT2D eigenvalue weighted by atomic mass is 16.5. The van der Waals surface area contributed by atoms with Crippen LogP contribution in [-0.2, 0) is 21.4 Å². The predicted molar refractivity (Wildman–Crippen MR) is 94.1 cm³/mol. The number of ether oxygens (including phenoxy) is 3. The number of allylic oxidation sites excluding steroid dienone is 2. The first-order valence-corrected chi connectivity index (χ1v) is 8.53. The van der Waals surface area contributed by atoms with Crippen LogP contribution in [0.1, 0.15) is 17.5 Å². The second kappa shape index (κ2) is 5.63. The SMILES string of the molecule is COC1=C[C@@]23CCN(C)C(Cc4cc(OC)c(OC)cc42)C3=CC1=O. The van der Waals surface area contributed by atoms with Gasteiger partial charge in [0.05, 0.1) is 21.3 Å². The van der Waals surface area contributed by atoms with Crippen molar-refractivity contribution in [1.82, 2.24) is 4.90 Å². The molecule has 1 unspecified atom stereocenters. The third kappa shape index (κ3) is 2.15. The van der Waals surface area contributed by atoms with E-state index < -0.39 is 0 Å². The lowest BCUT2D eigenvalue weighted by atomic mass is 9.59. The molecule has 0 radical (unpaired) electrons. The number of nitrogens with zero attached hydrogens (tertiary/aromatic N) is 1. The summed E-state index contributed by atoms with van der Waals surface area (Å²) in [4.78, 5) is 14.8. The molecule has 0 aromatic heterocycles. The zero-order chi connectivity index (χ0) is 17.8. The maximum atomic E-state index is 12.4. The molecule has 0 amide bonds. The molecule has 5 nitrogen and oxygen atoms in total. The van der Waals surface area contributed by atoms with E-state index in [1.54, 1.807) is 27.4 Å². The van der Waals surface area contributed by atoms with Gasteiger partial charge in [-0.3, -0.25) is 9.69 Å². The van der Waals surface area contributed by atoms with Gasteiger partial charge in [-0.1, -0.05) is 0 Å². The number of ketones is 1. The zero-order valence-electron chi connectivity index (χ0n) is 15.1. The van der Waals surface area contributed by atoms with E-state index in [4.69, 9.17) is 14.2 Å². The van der Waals surface area contributed by atoms with Gasteiger partial charge in [-0.2, -0.15) is 0 Å². The van der Waals surface area contributed by atoms with Crippen molar-refractivity contribution in [3.8, 4) is 11.5 Å². The number of hydrogen-bond donors (Lipinski definition) is 0. The van der Waals surface area contributed by atoms with Crippen molar-refractivity contribution in [2.24, 2.45) is 0 Å². The minimum absolute atomic E-state index is 0.0441. The molecule has 0 spiro atoms. The number of piperidine rings is 1. The molecule has 2 bridgehead atoms. The number of fused-ring (bicyclic) bond motifs is 1. The van der Waals surface area contributed by atoms with Gasteiger partial charge in [0, 0.05) is 11.5 Å². The Hall–Kier alpha value is -2.27. The highest BCUT2D eigenvalue weighted by molar-refractivity contribution is 6.05. The highest BCUT2D eigenvalue weighted by Gasteiger charge is 2.50. The average Bonchev–Trinajstić information content (AvgIpc) is 2.63. The Bertz CT molecular complexity index is 810. The van der Waals surface area contributed by atoms with Crippen molar-refractivity contribution < 1.29 is 19.0 Å². The van der Waals surface area contributed by atoms with E-state index in [1.807, 2.05) is 6.08 Å². The largest absolute Gasteiger partial charge is 0.493 e. The lowest BCUT2D eigenvalue weighted by Gasteiger charge is -2.52. The molecule has 0 N–H and O–H groups in total. The summed E-state index contributed by atoms with van der Waals surface area (Å²) in [5, 5.41) is 0. The zero-order valence-corrected chi connectivity index (χ0v) is 15.1. The van der Waals surface area contributed by atoms with E-state index in [0.717, 1.165) is 30.9 Å². The summed E-state index contributed by atoms with van der Waals surface area (Å²) in [6, 6.07) is 4.37. The van der Waals surface area contributed by atoms with E-state index in [1.165, 1.54) is 16.7 Å². The Morgan fingerprint density at radius 2 is 1.84 bits per heavy atom. The highest BCUT2D eigenvalue weighted by Crippen LogP contribution is 2.53. The fourth-order valence-corrected chi connectivity index (χ4v) is 4.58. The Morgan fingerprint density at radius 1 is 1.12 bits per heavy atom. The van der Waals surface area contributed by atoms with E-state index in [2.05, 4.69) is 24.1 Å². The normalized spacial score (nSPS) is 27.7. The van der Waals surface area contributed by atoms with Crippen LogP contribution in [0.15, 0.2) is 35.6 Å². The predicted octanol–water partition coefficient (Wildman–Crippen LogP) is 2.24. The van der Waals surface area contributed by atoms with Gasteiger partial charge in [0.15, 0.2) is 17.3 Å². The number of carbonyl (C=O) groups is 1. The van der Waals surface area contributed by atoms with Crippen LogP contribution in [0.2, 0.25) is 0 Å². The molecule has 1 aromatic rings. The van der Waals surface area contributed by atoms with Crippen LogP contribution in [0.25, 0.3) is 0 Å². The summed E-state index contributed by atoms with van der Waals surface area (Å²) in [5.41, 5.74) is 3.31. The number of rotatable bonds is 3. The molecule has 132 valence electrons. The van der Waals surface area contributed by atoms with Crippen molar-refractivity contribution in [3.63, 3.8) is 0 Å². The first kappa shape index (κ1) is 16.2. The summed E-state index contributed by atoms with van der Waals surface area (Å²) in [5.74, 6) is 1.84. The van der Waals surface area contributed by atoms with Gasteiger partial charge in [-0.05, 0) is 67.4 Å². The van der Waals surface area contributed by atoms with Gasteiger partial charge in [0.2, 0.25) is 5.78 Å². The third-order valence-corrected chi connectivity index (χ3v) is 5.90. The van der Waals surface area contributed by atoms with Crippen molar-refractivity contribution >= 4 is 5.78 Å². The maximum Gasteiger partial charge on any atom is 0.220 e. The molecule has 4 rings (SSSR count). The Balaban J connectivity index is 1.99. The van der Waals surface area contributed by atoms with E-state index in [-0.39, 0.29) is 17.2 Å². The average molecular weight is 341 g/mol. The van der Waals surface area contributed by atoms with E-state index in [0.29, 0.717) is 5.76 Å². The van der Waals surface area contributed by atoms with Crippen LogP contribution in [0.3, 0.4) is 0 Å². The molecule has 1 aromatic carbocycles. The van der Waals surface area contributed by atoms with Crippen LogP contribution in [0, 0.1) is 0 Å². The second-order valence-corrected chi connectivity index (χ2v) is 6.96. The number of methoxy groups -OCH3 is 3. The number of carbonyl (C=O) groups excluding carboxylic acids is 1. The number of benzene rings is 1. The topological polar surface area (TPSA) is 48.0 Å². The Kier molecular flexibility index (Phi) is 3.65. The van der Waals surface area contributed by atoms with Crippen LogP contribution >= 0.6 is 0 Å².